The van der Waals surface area contributed by atoms with E-state index < -0.39 is 17.4 Å². The second-order valence-corrected chi connectivity index (χ2v) is 9.63. The Labute approximate surface area is 206 Å². The van der Waals surface area contributed by atoms with Crippen molar-refractivity contribution in [3.8, 4) is 5.75 Å². The minimum atomic E-state index is -0.931. The number of rotatable bonds is 8. The number of aromatic amines is 1. The summed E-state index contributed by atoms with van der Waals surface area (Å²) in [6.45, 7) is 0.0624. The molecule has 172 valence electrons. The van der Waals surface area contributed by atoms with Gasteiger partial charge < -0.3 is 14.4 Å². The average Bonchev–Trinajstić information content (AvgIpc) is 3.14. The van der Waals surface area contributed by atoms with Crippen LogP contribution in [0.1, 0.15) is 5.56 Å². The van der Waals surface area contributed by atoms with E-state index in [-0.39, 0.29) is 24.3 Å². The maximum Gasteiger partial charge on any atom is 0.329 e. The van der Waals surface area contributed by atoms with Gasteiger partial charge in [-0.2, -0.15) is 0 Å². The number of H-pyrrole nitrogens is 1. The zero-order chi connectivity index (χ0) is 23.5. The number of nitrogens with zero attached hydrogens (tertiary/aromatic N) is 3. The number of aromatic nitrogens is 4. The molecule has 0 fully saturated rings. The standard InChI is InChI=1S/C22H20BrClN4O4S/c1-27-19-18(20(30)26-21(27)31)28(10-16(29)11-32-17-7-5-15(24)6-8-17)22(25-19)33-12-13-3-2-4-14(23)9-13/h2-9,16,29H,10-12H2,1H3,(H,26,30,31)/t16-/m1/s1. The molecule has 0 radical (unpaired) electrons. The van der Waals surface area contributed by atoms with Crippen molar-refractivity contribution >= 4 is 50.5 Å². The van der Waals surface area contributed by atoms with E-state index in [0.29, 0.717) is 21.7 Å². The molecular weight excluding hydrogens is 532 g/mol. The smallest absolute Gasteiger partial charge is 0.329 e. The molecule has 8 nitrogen and oxygen atoms in total. The molecule has 11 heteroatoms. The molecule has 2 aromatic heterocycles. The summed E-state index contributed by atoms with van der Waals surface area (Å²) in [5.41, 5.74) is 0.432. The topological polar surface area (TPSA) is 102 Å². The molecule has 2 heterocycles. The summed E-state index contributed by atoms with van der Waals surface area (Å²) in [5, 5.41) is 11.8. The molecule has 4 aromatic rings. The first-order valence-electron chi connectivity index (χ1n) is 9.95. The van der Waals surface area contributed by atoms with Crippen molar-refractivity contribution in [1.29, 1.82) is 0 Å². The minimum absolute atomic E-state index is 0.000708. The highest BCUT2D eigenvalue weighted by Crippen LogP contribution is 2.26. The third-order valence-corrected chi connectivity index (χ3v) is 6.67. The number of aliphatic hydroxyl groups excluding tert-OH is 1. The van der Waals surface area contributed by atoms with Gasteiger partial charge in [-0.3, -0.25) is 14.3 Å². The lowest BCUT2D eigenvalue weighted by atomic mass is 10.2. The Morgan fingerprint density at radius 3 is 2.73 bits per heavy atom. The number of thioether (sulfide) groups is 1. The van der Waals surface area contributed by atoms with Crippen LogP contribution in [0, 0.1) is 0 Å². The van der Waals surface area contributed by atoms with Crippen molar-refractivity contribution in [1.82, 2.24) is 19.1 Å². The van der Waals surface area contributed by atoms with E-state index in [0.717, 1.165) is 10.0 Å². The van der Waals surface area contributed by atoms with Gasteiger partial charge in [0, 0.05) is 22.3 Å². The molecular formula is C22H20BrClN4O4S. The monoisotopic (exact) mass is 550 g/mol. The largest absolute Gasteiger partial charge is 0.491 e. The number of hydrogen-bond donors (Lipinski definition) is 2. The van der Waals surface area contributed by atoms with Crippen molar-refractivity contribution in [3.05, 3.63) is 84.4 Å². The predicted molar refractivity (Wildman–Crippen MR) is 132 cm³/mol. The summed E-state index contributed by atoms with van der Waals surface area (Å²) in [4.78, 5) is 31.5. The van der Waals surface area contributed by atoms with E-state index in [9.17, 15) is 14.7 Å². The molecule has 0 unspecified atom stereocenters. The zero-order valence-corrected chi connectivity index (χ0v) is 20.7. The summed E-state index contributed by atoms with van der Waals surface area (Å²) in [6, 6.07) is 14.7. The van der Waals surface area contributed by atoms with Gasteiger partial charge in [0.05, 0.1) is 6.54 Å². The molecule has 2 aromatic carbocycles. The van der Waals surface area contributed by atoms with Crippen molar-refractivity contribution < 1.29 is 9.84 Å². The molecule has 0 aliphatic heterocycles. The molecule has 0 amide bonds. The van der Waals surface area contributed by atoms with Crippen LogP contribution >= 0.6 is 39.3 Å². The highest BCUT2D eigenvalue weighted by atomic mass is 79.9. The second-order valence-electron chi connectivity index (χ2n) is 7.33. The molecule has 0 aliphatic rings. The van der Waals surface area contributed by atoms with E-state index in [4.69, 9.17) is 16.3 Å². The number of imidazole rings is 1. The molecule has 0 aliphatic carbocycles. The number of fused-ring (bicyclic) bond motifs is 1. The number of aliphatic hydroxyl groups is 1. The fourth-order valence-electron chi connectivity index (χ4n) is 3.26. The molecule has 0 spiro atoms. The van der Waals surface area contributed by atoms with E-state index >= 15 is 0 Å². The fraction of sp³-hybridized carbons (Fsp3) is 0.227. The Morgan fingerprint density at radius 1 is 1.24 bits per heavy atom. The van der Waals surface area contributed by atoms with E-state index in [1.165, 1.54) is 16.3 Å². The lowest BCUT2D eigenvalue weighted by Gasteiger charge is -2.15. The van der Waals surface area contributed by atoms with Crippen LogP contribution in [0.3, 0.4) is 0 Å². The number of ether oxygens (including phenoxy) is 1. The molecule has 33 heavy (non-hydrogen) atoms. The van der Waals surface area contributed by atoms with Gasteiger partial charge in [0.15, 0.2) is 16.3 Å². The van der Waals surface area contributed by atoms with Crippen LogP contribution in [0.2, 0.25) is 5.02 Å². The first-order valence-corrected chi connectivity index (χ1v) is 12.1. The van der Waals surface area contributed by atoms with Crippen LogP contribution in [0.15, 0.2) is 67.7 Å². The Morgan fingerprint density at radius 2 is 2.00 bits per heavy atom. The SMILES string of the molecule is Cn1c(=O)[nH]c(=O)c2c1nc(SCc1cccc(Br)c1)n2C[C@@H](O)COc1ccc(Cl)cc1. The Balaban J connectivity index is 1.61. The van der Waals surface area contributed by atoms with Crippen LogP contribution in [0.5, 0.6) is 5.75 Å². The van der Waals surface area contributed by atoms with Crippen LogP contribution in [0.25, 0.3) is 11.2 Å². The number of aryl methyl sites for hydroxylation is 1. The van der Waals surface area contributed by atoms with Crippen LogP contribution < -0.4 is 16.0 Å². The van der Waals surface area contributed by atoms with Gasteiger partial charge >= 0.3 is 5.69 Å². The quantitative estimate of drug-likeness (QED) is 0.325. The van der Waals surface area contributed by atoms with Crippen molar-refractivity contribution in [3.63, 3.8) is 0 Å². The van der Waals surface area contributed by atoms with Crippen molar-refractivity contribution in [2.24, 2.45) is 7.05 Å². The van der Waals surface area contributed by atoms with Crippen molar-refractivity contribution in [2.75, 3.05) is 6.61 Å². The van der Waals surface area contributed by atoms with Gasteiger partial charge in [0.1, 0.15) is 18.5 Å². The molecule has 4 rings (SSSR count). The number of hydrogen-bond acceptors (Lipinski definition) is 6. The Kier molecular flexibility index (Phi) is 7.28. The summed E-state index contributed by atoms with van der Waals surface area (Å²) in [7, 11) is 1.54. The number of halogens is 2. The van der Waals surface area contributed by atoms with Gasteiger partial charge in [0.2, 0.25) is 0 Å². The first kappa shape index (κ1) is 23.6. The third kappa shape index (κ3) is 5.52. The molecule has 0 saturated heterocycles. The van der Waals surface area contributed by atoms with Crippen LogP contribution in [0.4, 0.5) is 0 Å². The number of benzene rings is 2. The average molecular weight is 552 g/mol. The second kappa shape index (κ2) is 10.2. The van der Waals surface area contributed by atoms with Crippen LogP contribution in [-0.4, -0.2) is 36.9 Å². The first-order chi connectivity index (χ1) is 15.8. The maximum absolute atomic E-state index is 12.6. The Hall–Kier alpha value is -2.53. The van der Waals surface area contributed by atoms with Gasteiger partial charge in [-0.05, 0) is 42.0 Å². The van der Waals surface area contributed by atoms with Crippen molar-refractivity contribution in [2.45, 2.75) is 23.6 Å². The molecule has 2 N–H and O–H groups in total. The van der Waals surface area contributed by atoms with Gasteiger partial charge in [0.25, 0.3) is 5.56 Å². The third-order valence-electron chi connectivity index (χ3n) is 4.88. The van der Waals surface area contributed by atoms with E-state index in [1.54, 1.807) is 35.9 Å². The van der Waals surface area contributed by atoms with E-state index in [2.05, 4.69) is 25.9 Å². The lowest BCUT2D eigenvalue weighted by molar-refractivity contribution is 0.0914. The van der Waals surface area contributed by atoms with Gasteiger partial charge in [-0.1, -0.05) is 51.4 Å². The summed E-state index contributed by atoms with van der Waals surface area (Å²) in [6.07, 6.45) is -0.931. The lowest BCUT2D eigenvalue weighted by Crippen LogP contribution is -2.30. The molecule has 0 bridgehead atoms. The van der Waals surface area contributed by atoms with Gasteiger partial charge in [-0.25, -0.2) is 9.78 Å². The van der Waals surface area contributed by atoms with Gasteiger partial charge in [-0.15, -0.1) is 0 Å². The maximum atomic E-state index is 12.6. The van der Waals surface area contributed by atoms with E-state index in [1.807, 2.05) is 24.3 Å². The highest BCUT2D eigenvalue weighted by Gasteiger charge is 2.20. The summed E-state index contributed by atoms with van der Waals surface area (Å²) in [5.74, 6) is 1.16. The number of nitrogens with one attached hydrogen (secondary N) is 1. The minimum Gasteiger partial charge on any atom is -0.491 e. The summed E-state index contributed by atoms with van der Waals surface area (Å²) >= 11 is 10.8. The predicted octanol–water partition coefficient (Wildman–Crippen LogP) is 3.57. The normalized spacial score (nSPS) is 12.2. The fourth-order valence-corrected chi connectivity index (χ4v) is 4.78. The highest BCUT2D eigenvalue weighted by molar-refractivity contribution is 9.10. The zero-order valence-electron chi connectivity index (χ0n) is 17.5. The summed E-state index contributed by atoms with van der Waals surface area (Å²) < 4.78 is 9.52. The Bertz CT molecular complexity index is 1400. The van der Waals surface area contributed by atoms with Crippen LogP contribution in [-0.2, 0) is 19.3 Å². The molecule has 0 saturated carbocycles. The molecule has 1 atom stereocenters.